The smallest absolute Gasteiger partial charge is 0.268 e. The second kappa shape index (κ2) is 6.67. The van der Waals surface area contributed by atoms with Crippen LogP contribution in [0.2, 0.25) is 0 Å². The Kier molecular flexibility index (Phi) is 4.68. The molecule has 116 valence electrons. The number of nitrogens with two attached hydrogens (primary N) is 1. The molecule has 0 spiro atoms. The van der Waals surface area contributed by atoms with Crippen LogP contribution >= 0.6 is 0 Å². The third-order valence-corrected chi connectivity index (χ3v) is 3.41. The number of aromatic amines is 1. The van der Waals surface area contributed by atoms with Gasteiger partial charge in [0, 0.05) is 5.56 Å². The van der Waals surface area contributed by atoms with E-state index in [0.717, 1.165) is 12.0 Å². The van der Waals surface area contributed by atoms with Gasteiger partial charge in [-0.05, 0) is 36.6 Å². The number of aromatic nitrogens is 1. The van der Waals surface area contributed by atoms with Crippen molar-refractivity contribution in [3.05, 3.63) is 45.2 Å². The number of H-pyrrole nitrogens is 1. The summed E-state index contributed by atoms with van der Waals surface area (Å²) in [5.41, 5.74) is 6.75. The highest BCUT2D eigenvalue weighted by Gasteiger charge is 2.19. The Morgan fingerprint density at radius 3 is 2.52 bits per heavy atom. The lowest BCUT2D eigenvalue weighted by Gasteiger charge is -2.13. The van der Waals surface area contributed by atoms with Gasteiger partial charge in [0.15, 0.2) is 0 Å². The van der Waals surface area contributed by atoms with Crippen molar-refractivity contribution in [2.75, 3.05) is 12.3 Å². The van der Waals surface area contributed by atoms with Crippen LogP contribution in [-0.4, -0.2) is 11.6 Å². The first-order valence-electron chi connectivity index (χ1n) is 7.13. The van der Waals surface area contributed by atoms with E-state index in [4.69, 9.17) is 10.5 Å². The van der Waals surface area contributed by atoms with Gasteiger partial charge >= 0.3 is 0 Å². The molecule has 0 aliphatic carbocycles. The topological polar surface area (TPSA) is 116 Å². The molecule has 2 aromatic rings. The zero-order valence-electron chi connectivity index (χ0n) is 12.9. The van der Waals surface area contributed by atoms with E-state index in [1.54, 1.807) is 12.1 Å². The van der Waals surface area contributed by atoms with Gasteiger partial charge in [-0.2, -0.15) is 10.5 Å². The van der Waals surface area contributed by atoms with Crippen LogP contribution in [0.4, 0.5) is 5.82 Å². The number of nitrogens with one attached hydrogen (secondary N) is 1. The van der Waals surface area contributed by atoms with E-state index in [0.29, 0.717) is 17.9 Å². The number of anilines is 1. The monoisotopic (exact) mass is 308 g/mol. The summed E-state index contributed by atoms with van der Waals surface area (Å²) in [5, 5.41) is 18.6. The molecular formula is C17H16N4O2. The zero-order chi connectivity index (χ0) is 17.0. The molecule has 2 rings (SSSR count). The normalized spacial score (nSPS) is 9.91. The predicted octanol–water partition coefficient (Wildman–Crippen LogP) is 2.46. The summed E-state index contributed by atoms with van der Waals surface area (Å²) >= 11 is 0. The second-order valence-electron chi connectivity index (χ2n) is 5.04. The summed E-state index contributed by atoms with van der Waals surface area (Å²) in [6.45, 7) is 4.44. The van der Waals surface area contributed by atoms with Crippen molar-refractivity contribution in [3.63, 3.8) is 0 Å². The van der Waals surface area contributed by atoms with Gasteiger partial charge < -0.3 is 15.5 Å². The van der Waals surface area contributed by atoms with Gasteiger partial charge in [0.1, 0.15) is 34.8 Å². The predicted molar refractivity (Wildman–Crippen MR) is 86.9 cm³/mol. The van der Waals surface area contributed by atoms with Gasteiger partial charge in [-0.25, -0.2) is 0 Å². The van der Waals surface area contributed by atoms with Gasteiger partial charge in [0.25, 0.3) is 5.56 Å². The highest BCUT2D eigenvalue weighted by Crippen LogP contribution is 2.32. The molecule has 0 saturated heterocycles. The molecule has 1 aromatic heterocycles. The first-order valence-corrected chi connectivity index (χ1v) is 7.13. The van der Waals surface area contributed by atoms with Crippen LogP contribution in [0.25, 0.3) is 11.1 Å². The van der Waals surface area contributed by atoms with Crippen molar-refractivity contribution in [2.24, 2.45) is 0 Å². The maximum Gasteiger partial charge on any atom is 0.268 e. The molecule has 6 nitrogen and oxygen atoms in total. The maximum atomic E-state index is 12.0. The number of nitriles is 2. The molecule has 0 saturated carbocycles. The highest BCUT2D eigenvalue weighted by molar-refractivity contribution is 5.82. The van der Waals surface area contributed by atoms with Crippen LogP contribution in [0.3, 0.4) is 0 Å². The first-order chi connectivity index (χ1) is 11.0. The SMILES string of the molecule is CCCOc1ccc(-c2c(C#N)c(N)[nH]c(=O)c2C#N)c(C)c1. The van der Waals surface area contributed by atoms with E-state index in [1.807, 2.05) is 32.1 Å². The second-order valence-corrected chi connectivity index (χ2v) is 5.04. The summed E-state index contributed by atoms with van der Waals surface area (Å²) in [6.07, 6.45) is 0.891. The fourth-order valence-corrected chi connectivity index (χ4v) is 2.34. The minimum atomic E-state index is -0.607. The number of pyridine rings is 1. The third-order valence-electron chi connectivity index (χ3n) is 3.41. The maximum absolute atomic E-state index is 12.0. The lowest BCUT2D eigenvalue weighted by molar-refractivity contribution is 0.317. The average molecular weight is 308 g/mol. The number of rotatable bonds is 4. The molecule has 3 N–H and O–H groups in total. The van der Waals surface area contributed by atoms with Gasteiger partial charge in [-0.1, -0.05) is 13.0 Å². The van der Waals surface area contributed by atoms with E-state index >= 15 is 0 Å². The van der Waals surface area contributed by atoms with E-state index in [1.165, 1.54) is 0 Å². The van der Waals surface area contributed by atoms with E-state index < -0.39 is 5.56 Å². The molecular weight excluding hydrogens is 292 g/mol. The van der Waals surface area contributed by atoms with Crippen LogP contribution in [0.1, 0.15) is 30.0 Å². The Labute approximate surface area is 133 Å². The van der Waals surface area contributed by atoms with Gasteiger partial charge in [0.2, 0.25) is 0 Å². The number of benzene rings is 1. The molecule has 23 heavy (non-hydrogen) atoms. The van der Waals surface area contributed by atoms with Crippen LogP contribution in [0, 0.1) is 29.6 Å². The summed E-state index contributed by atoms with van der Waals surface area (Å²) in [6, 6.07) is 9.11. The number of hydrogen-bond acceptors (Lipinski definition) is 5. The fraction of sp³-hybridized carbons (Fsp3) is 0.235. The van der Waals surface area contributed by atoms with E-state index in [-0.39, 0.29) is 22.5 Å². The van der Waals surface area contributed by atoms with Crippen LogP contribution in [0.15, 0.2) is 23.0 Å². The standard InChI is InChI=1S/C17H16N4O2/c1-3-6-23-11-4-5-12(10(2)7-11)15-13(8-18)16(20)21-17(22)14(15)9-19/h4-5,7H,3,6H2,1-2H3,(H3,20,21,22). The number of aryl methyl sites for hydroxylation is 1. The zero-order valence-corrected chi connectivity index (χ0v) is 12.9. The Morgan fingerprint density at radius 2 is 1.96 bits per heavy atom. The van der Waals surface area contributed by atoms with Crippen molar-refractivity contribution in [3.8, 4) is 29.0 Å². The molecule has 0 unspecified atom stereocenters. The molecule has 0 aliphatic heterocycles. The number of hydrogen-bond donors (Lipinski definition) is 2. The van der Waals surface area contributed by atoms with Crippen LogP contribution < -0.4 is 16.0 Å². The summed E-state index contributed by atoms with van der Waals surface area (Å²) in [4.78, 5) is 14.3. The molecule has 0 radical (unpaired) electrons. The van der Waals surface area contributed by atoms with Crippen molar-refractivity contribution in [1.82, 2.24) is 4.98 Å². The number of ether oxygens (including phenoxy) is 1. The third kappa shape index (κ3) is 3.02. The fourth-order valence-electron chi connectivity index (χ4n) is 2.34. The summed E-state index contributed by atoms with van der Waals surface area (Å²) in [5.74, 6) is 0.653. The molecule has 1 heterocycles. The Balaban J connectivity index is 2.70. The number of nitrogen functional groups attached to an aromatic ring is 1. The van der Waals surface area contributed by atoms with Crippen LogP contribution in [0.5, 0.6) is 5.75 Å². The van der Waals surface area contributed by atoms with Gasteiger partial charge in [-0.3, -0.25) is 4.79 Å². The Bertz CT molecular complexity index is 885. The van der Waals surface area contributed by atoms with Crippen molar-refractivity contribution >= 4 is 5.82 Å². The van der Waals surface area contributed by atoms with E-state index in [2.05, 4.69) is 4.98 Å². The summed E-state index contributed by atoms with van der Waals surface area (Å²) in [7, 11) is 0. The Morgan fingerprint density at radius 1 is 1.26 bits per heavy atom. The molecule has 0 bridgehead atoms. The molecule has 1 aromatic carbocycles. The number of nitrogens with zero attached hydrogens (tertiary/aromatic N) is 2. The largest absolute Gasteiger partial charge is 0.494 e. The molecule has 0 aliphatic rings. The van der Waals surface area contributed by atoms with Crippen molar-refractivity contribution < 1.29 is 4.74 Å². The van der Waals surface area contributed by atoms with Crippen molar-refractivity contribution in [2.45, 2.75) is 20.3 Å². The van der Waals surface area contributed by atoms with E-state index in [9.17, 15) is 15.3 Å². The Hall–Kier alpha value is -3.25. The molecule has 0 atom stereocenters. The molecule has 0 fully saturated rings. The van der Waals surface area contributed by atoms with Crippen molar-refractivity contribution in [1.29, 1.82) is 10.5 Å². The lowest BCUT2D eigenvalue weighted by Crippen LogP contribution is -2.16. The first kappa shape index (κ1) is 16.1. The van der Waals surface area contributed by atoms with Gasteiger partial charge in [-0.15, -0.1) is 0 Å². The molecule has 6 heteroatoms. The lowest BCUT2D eigenvalue weighted by atomic mass is 9.93. The highest BCUT2D eigenvalue weighted by atomic mass is 16.5. The minimum absolute atomic E-state index is 0.0443. The van der Waals surface area contributed by atoms with Gasteiger partial charge in [0.05, 0.1) is 6.61 Å². The van der Waals surface area contributed by atoms with Crippen LogP contribution in [-0.2, 0) is 0 Å². The summed E-state index contributed by atoms with van der Waals surface area (Å²) < 4.78 is 5.56. The molecule has 0 amide bonds. The quantitative estimate of drug-likeness (QED) is 0.900. The minimum Gasteiger partial charge on any atom is -0.494 e. The average Bonchev–Trinajstić information content (AvgIpc) is 2.52.